The summed E-state index contributed by atoms with van der Waals surface area (Å²) < 4.78 is 5.31. The molecule has 0 radical (unpaired) electrons. The predicted molar refractivity (Wildman–Crippen MR) is 69.8 cm³/mol. The average molecular weight is 235 g/mol. The molecule has 1 saturated heterocycles. The van der Waals surface area contributed by atoms with Crippen LogP contribution in [0.4, 0.5) is 5.69 Å². The molecule has 1 aromatic rings. The van der Waals surface area contributed by atoms with E-state index in [1.165, 1.54) is 5.56 Å². The summed E-state index contributed by atoms with van der Waals surface area (Å²) in [5.74, 6) is 0. The van der Waals surface area contributed by atoms with Gasteiger partial charge < -0.3 is 15.8 Å². The summed E-state index contributed by atoms with van der Waals surface area (Å²) in [5, 5.41) is 3.44. The smallest absolute Gasteiger partial charge is 0.0594 e. The Labute approximate surface area is 103 Å². The van der Waals surface area contributed by atoms with Crippen molar-refractivity contribution < 1.29 is 4.74 Å². The van der Waals surface area contributed by atoms with Gasteiger partial charge in [-0.05, 0) is 17.7 Å². The Kier molecular flexibility index (Phi) is 4.79. The molecule has 0 saturated carbocycles. The van der Waals surface area contributed by atoms with E-state index >= 15 is 0 Å². The molecule has 17 heavy (non-hydrogen) atoms. The number of ether oxygens (including phenoxy) is 1. The van der Waals surface area contributed by atoms with Gasteiger partial charge in [0.05, 0.1) is 13.2 Å². The highest BCUT2D eigenvalue weighted by atomic mass is 16.5. The molecule has 4 nitrogen and oxygen atoms in total. The lowest BCUT2D eigenvalue weighted by Gasteiger charge is -2.26. The Balaban J connectivity index is 1.62. The van der Waals surface area contributed by atoms with Crippen LogP contribution in [0.15, 0.2) is 24.3 Å². The lowest BCUT2D eigenvalue weighted by molar-refractivity contribution is 0.0384. The Morgan fingerprint density at radius 1 is 1.29 bits per heavy atom. The predicted octanol–water partition coefficient (Wildman–Crippen LogP) is 0.691. The number of hydrogen-bond acceptors (Lipinski definition) is 4. The summed E-state index contributed by atoms with van der Waals surface area (Å²) in [7, 11) is 0. The van der Waals surface area contributed by atoms with Crippen LogP contribution >= 0.6 is 0 Å². The molecule has 1 fully saturated rings. The first kappa shape index (κ1) is 12.4. The zero-order chi connectivity index (χ0) is 11.9. The zero-order valence-electron chi connectivity index (χ0n) is 10.2. The Morgan fingerprint density at radius 3 is 2.88 bits per heavy atom. The number of rotatable bonds is 5. The molecule has 0 aromatic heterocycles. The molecule has 0 unspecified atom stereocenters. The second-order valence-electron chi connectivity index (χ2n) is 4.38. The van der Waals surface area contributed by atoms with Crippen molar-refractivity contribution in [1.82, 2.24) is 10.2 Å². The van der Waals surface area contributed by atoms with E-state index in [1.807, 2.05) is 18.2 Å². The molecule has 3 N–H and O–H groups in total. The molecule has 4 heteroatoms. The van der Waals surface area contributed by atoms with Crippen molar-refractivity contribution in [2.45, 2.75) is 6.54 Å². The maximum absolute atomic E-state index is 5.73. The summed E-state index contributed by atoms with van der Waals surface area (Å²) in [5.41, 5.74) is 7.80. The minimum Gasteiger partial charge on any atom is -0.399 e. The van der Waals surface area contributed by atoms with E-state index in [2.05, 4.69) is 16.3 Å². The van der Waals surface area contributed by atoms with E-state index in [9.17, 15) is 0 Å². The summed E-state index contributed by atoms with van der Waals surface area (Å²) in [6.07, 6.45) is 0. The number of nitrogens with one attached hydrogen (secondary N) is 1. The van der Waals surface area contributed by atoms with Gasteiger partial charge in [0.1, 0.15) is 0 Å². The van der Waals surface area contributed by atoms with Gasteiger partial charge in [-0.15, -0.1) is 0 Å². The summed E-state index contributed by atoms with van der Waals surface area (Å²) in [6.45, 7) is 6.83. The molecule has 1 aromatic carbocycles. The lowest BCUT2D eigenvalue weighted by Crippen LogP contribution is -2.40. The van der Waals surface area contributed by atoms with Gasteiger partial charge in [0.2, 0.25) is 0 Å². The van der Waals surface area contributed by atoms with Crippen molar-refractivity contribution in [1.29, 1.82) is 0 Å². The van der Waals surface area contributed by atoms with E-state index in [-0.39, 0.29) is 0 Å². The van der Waals surface area contributed by atoms with Gasteiger partial charge in [-0.3, -0.25) is 4.90 Å². The second-order valence-corrected chi connectivity index (χ2v) is 4.38. The van der Waals surface area contributed by atoms with Gasteiger partial charge in [-0.1, -0.05) is 12.1 Å². The number of anilines is 1. The van der Waals surface area contributed by atoms with Crippen molar-refractivity contribution in [3.05, 3.63) is 29.8 Å². The minimum absolute atomic E-state index is 0.831. The maximum Gasteiger partial charge on any atom is 0.0594 e. The summed E-state index contributed by atoms with van der Waals surface area (Å²) in [6, 6.07) is 8.02. The fourth-order valence-corrected chi connectivity index (χ4v) is 2.00. The molecule has 94 valence electrons. The highest BCUT2D eigenvalue weighted by molar-refractivity contribution is 5.40. The molecule has 0 atom stereocenters. The number of nitrogens with zero attached hydrogens (tertiary/aromatic N) is 1. The fraction of sp³-hybridized carbons (Fsp3) is 0.538. The van der Waals surface area contributed by atoms with Crippen LogP contribution in [0, 0.1) is 0 Å². The standard InChI is InChI=1S/C13H21N3O/c14-13-3-1-2-12(10-13)11-15-4-5-16-6-8-17-9-7-16/h1-3,10,15H,4-9,11,14H2. The SMILES string of the molecule is Nc1cccc(CNCCN2CCOCC2)c1. The van der Waals surface area contributed by atoms with Gasteiger partial charge >= 0.3 is 0 Å². The van der Waals surface area contributed by atoms with Crippen LogP contribution in [0.1, 0.15) is 5.56 Å². The minimum atomic E-state index is 0.831. The molecule has 0 amide bonds. The van der Waals surface area contributed by atoms with Crippen molar-refractivity contribution in [2.24, 2.45) is 0 Å². The van der Waals surface area contributed by atoms with E-state index < -0.39 is 0 Å². The number of nitrogen functional groups attached to an aromatic ring is 1. The number of benzene rings is 1. The summed E-state index contributed by atoms with van der Waals surface area (Å²) >= 11 is 0. The van der Waals surface area contributed by atoms with E-state index in [4.69, 9.17) is 10.5 Å². The van der Waals surface area contributed by atoms with Gasteiger partial charge in [0, 0.05) is 38.4 Å². The maximum atomic E-state index is 5.73. The Morgan fingerprint density at radius 2 is 2.12 bits per heavy atom. The van der Waals surface area contributed by atoms with Gasteiger partial charge in [-0.25, -0.2) is 0 Å². The Hall–Kier alpha value is -1.10. The molecular formula is C13H21N3O. The zero-order valence-corrected chi connectivity index (χ0v) is 10.2. The third-order valence-corrected chi connectivity index (χ3v) is 2.99. The molecule has 0 aliphatic carbocycles. The van der Waals surface area contributed by atoms with Crippen LogP contribution in [0.25, 0.3) is 0 Å². The molecular weight excluding hydrogens is 214 g/mol. The van der Waals surface area contributed by atoms with Crippen LogP contribution in [0.2, 0.25) is 0 Å². The third-order valence-electron chi connectivity index (χ3n) is 2.99. The first-order valence-electron chi connectivity index (χ1n) is 6.20. The Bertz CT molecular complexity index is 337. The third kappa shape index (κ3) is 4.34. The largest absolute Gasteiger partial charge is 0.399 e. The molecule has 2 rings (SSSR count). The molecule has 1 aliphatic rings. The van der Waals surface area contributed by atoms with Gasteiger partial charge in [0.25, 0.3) is 0 Å². The first-order chi connectivity index (χ1) is 8.34. The van der Waals surface area contributed by atoms with E-state index in [1.54, 1.807) is 0 Å². The van der Waals surface area contributed by atoms with Crippen LogP contribution in [-0.2, 0) is 11.3 Å². The molecule has 0 spiro atoms. The number of nitrogens with two attached hydrogens (primary N) is 1. The average Bonchev–Trinajstić information content (AvgIpc) is 2.36. The van der Waals surface area contributed by atoms with Crippen molar-refractivity contribution >= 4 is 5.69 Å². The lowest BCUT2D eigenvalue weighted by atomic mass is 10.2. The van der Waals surface area contributed by atoms with E-state index in [0.29, 0.717) is 0 Å². The van der Waals surface area contributed by atoms with Crippen LogP contribution in [-0.4, -0.2) is 44.3 Å². The summed E-state index contributed by atoms with van der Waals surface area (Å²) in [4.78, 5) is 2.43. The monoisotopic (exact) mass is 235 g/mol. The van der Waals surface area contributed by atoms with Crippen LogP contribution in [0.5, 0.6) is 0 Å². The molecule has 1 heterocycles. The molecule has 1 aliphatic heterocycles. The number of morpholine rings is 1. The van der Waals surface area contributed by atoms with Crippen molar-refractivity contribution in [2.75, 3.05) is 45.1 Å². The second kappa shape index (κ2) is 6.59. The van der Waals surface area contributed by atoms with Crippen molar-refractivity contribution in [3.63, 3.8) is 0 Å². The fourth-order valence-electron chi connectivity index (χ4n) is 2.00. The normalized spacial score (nSPS) is 17.2. The van der Waals surface area contributed by atoms with Crippen molar-refractivity contribution in [3.8, 4) is 0 Å². The van der Waals surface area contributed by atoms with Gasteiger partial charge in [-0.2, -0.15) is 0 Å². The quantitative estimate of drug-likeness (QED) is 0.582. The molecule has 0 bridgehead atoms. The van der Waals surface area contributed by atoms with Crippen LogP contribution < -0.4 is 11.1 Å². The number of hydrogen-bond donors (Lipinski definition) is 2. The first-order valence-corrected chi connectivity index (χ1v) is 6.20. The highest BCUT2D eigenvalue weighted by Crippen LogP contribution is 2.05. The van der Waals surface area contributed by atoms with Gasteiger partial charge in [0.15, 0.2) is 0 Å². The topological polar surface area (TPSA) is 50.5 Å². The highest BCUT2D eigenvalue weighted by Gasteiger charge is 2.08. The van der Waals surface area contributed by atoms with Crippen LogP contribution in [0.3, 0.4) is 0 Å². The van der Waals surface area contributed by atoms with E-state index in [0.717, 1.165) is 51.6 Å².